The van der Waals surface area contributed by atoms with Gasteiger partial charge in [0.05, 0.1) is 23.8 Å². The molecule has 0 unspecified atom stereocenters. The molecular weight excluding hydrogens is 312 g/mol. The van der Waals surface area contributed by atoms with Crippen LogP contribution in [-0.2, 0) is 11.3 Å². The lowest BCUT2D eigenvalue weighted by molar-refractivity contribution is -0.131. The predicted octanol–water partition coefficient (Wildman–Crippen LogP) is 2.77. The molecule has 0 N–H and O–H groups in total. The monoisotopic (exact) mass is 334 g/mol. The molecular formula is C16H22N4O2S. The third kappa shape index (κ3) is 3.85. The van der Waals surface area contributed by atoms with Crippen molar-refractivity contribution in [2.75, 3.05) is 7.05 Å². The van der Waals surface area contributed by atoms with Gasteiger partial charge in [-0.25, -0.2) is 4.98 Å². The van der Waals surface area contributed by atoms with Gasteiger partial charge in [0.2, 0.25) is 5.91 Å². The average Bonchev–Trinajstić information content (AvgIpc) is 3.06. The summed E-state index contributed by atoms with van der Waals surface area (Å²) >= 11 is 1.53. The van der Waals surface area contributed by atoms with Gasteiger partial charge in [-0.1, -0.05) is 0 Å². The van der Waals surface area contributed by atoms with Crippen LogP contribution < -0.4 is 0 Å². The van der Waals surface area contributed by atoms with Gasteiger partial charge in [-0.15, -0.1) is 11.3 Å². The zero-order valence-electron chi connectivity index (χ0n) is 14.2. The zero-order valence-corrected chi connectivity index (χ0v) is 15.0. The van der Waals surface area contributed by atoms with E-state index in [1.807, 2.05) is 26.2 Å². The van der Waals surface area contributed by atoms with E-state index in [1.54, 1.807) is 29.7 Å². The number of carbonyl (C=O) groups is 2. The standard InChI is InChI=1S/C16H22N4O2S/c1-10(20-12(3)16(13(4)21)11(2)18-20)8-15(22)19(5)9-14-17-6-7-23-14/h6-7,10H,8-9H2,1-5H3/t10-/m0/s1. The average molecular weight is 334 g/mol. The third-order valence-electron chi connectivity index (χ3n) is 3.85. The molecule has 0 saturated carbocycles. The lowest BCUT2D eigenvalue weighted by Crippen LogP contribution is -2.28. The fraction of sp³-hybridized carbons (Fsp3) is 0.500. The number of aromatic nitrogens is 3. The topological polar surface area (TPSA) is 68.1 Å². The van der Waals surface area contributed by atoms with Crippen LogP contribution in [0.15, 0.2) is 11.6 Å². The van der Waals surface area contributed by atoms with E-state index in [4.69, 9.17) is 0 Å². The minimum absolute atomic E-state index is 0.00524. The van der Waals surface area contributed by atoms with Crippen LogP contribution in [0.25, 0.3) is 0 Å². The number of aryl methyl sites for hydroxylation is 1. The van der Waals surface area contributed by atoms with E-state index in [0.29, 0.717) is 24.2 Å². The summed E-state index contributed by atoms with van der Waals surface area (Å²) in [6.07, 6.45) is 2.07. The normalized spacial score (nSPS) is 12.2. The number of carbonyl (C=O) groups excluding carboxylic acids is 2. The number of hydrogen-bond acceptors (Lipinski definition) is 5. The van der Waals surface area contributed by atoms with Crippen LogP contribution in [0, 0.1) is 13.8 Å². The minimum Gasteiger partial charge on any atom is -0.339 e. The number of thiazole rings is 1. The van der Waals surface area contributed by atoms with Gasteiger partial charge in [0.1, 0.15) is 5.01 Å². The Bertz CT molecular complexity index is 706. The third-order valence-corrected chi connectivity index (χ3v) is 4.61. The summed E-state index contributed by atoms with van der Waals surface area (Å²) in [6, 6.07) is -0.104. The lowest BCUT2D eigenvalue weighted by atomic mass is 10.1. The highest BCUT2D eigenvalue weighted by Gasteiger charge is 2.21. The summed E-state index contributed by atoms with van der Waals surface area (Å²) in [5.41, 5.74) is 2.18. The molecule has 6 nitrogen and oxygen atoms in total. The molecule has 0 aliphatic heterocycles. The lowest BCUT2D eigenvalue weighted by Gasteiger charge is -2.19. The molecule has 0 aliphatic rings. The minimum atomic E-state index is -0.104. The summed E-state index contributed by atoms with van der Waals surface area (Å²) in [5, 5.41) is 7.25. The molecule has 0 aliphatic carbocycles. The maximum Gasteiger partial charge on any atom is 0.224 e. The van der Waals surface area contributed by atoms with Crippen molar-refractivity contribution in [3.63, 3.8) is 0 Å². The largest absolute Gasteiger partial charge is 0.339 e. The maximum atomic E-state index is 12.4. The first-order valence-corrected chi connectivity index (χ1v) is 8.38. The molecule has 23 heavy (non-hydrogen) atoms. The summed E-state index contributed by atoms with van der Waals surface area (Å²) in [6.45, 7) is 7.69. The Hall–Kier alpha value is -2.02. The molecule has 0 aromatic carbocycles. The number of rotatable bonds is 6. The Labute approximate surface area is 140 Å². The molecule has 124 valence electrons. The second-order valence-electron chi connectivity index (χ2n) is 5.78. The maximum absolute atomic E-state index is 12.4. The van der Waals surface area contributed by atoms with Crippen molar-refractivity contribution in [2.24, 2.45) is 0 Å². The van der Waals surface area contributed by atoms with Crippen molar-refractivity contribution in [1.82, 2.24) is 19.7 Å². The fourth-order valence-electron chi connectivity index (χ4n) is 2.72. The first-order chi connectivity index (χ1) is 10.8. The Morgan fingerprint density at radius 1 is 1.39 bits per heavy atom. The van der Waals surface area contributed by atoms with Gasteiger partial charge < -0.3 is 4.90 Å². The predicted molar refractivity (Wildman–Crippen MR) is 89.6 cm³/mol. The molecule has 1 amide bonds. The van der Waals surface area contributed by atoms with Crippen molar-refractivity contribution >= 4 is 23.0 Å². The van der Waals surface area contributed by atoms with Crippen molar-refractivity contribution < 1.29 is 9.59 Å². The number of amides is 1. The first kappa shape index (κ1) is 17.3. The van der Waals surface area contributed by atoms with E-state index >= 15 is 0 Å². The number of Topliss-reactive ketones (excluding diaryl/α,β-unsaturated/α-hetero) is 1. The smallest absolute Gasteiger partial charge is 0.224 e. The van der Waals surface area contributed by atoms with E-state index in [-0.39, 0.29) is 17.7 Å². The fourth-order valence-corrected chi connectivity index (χ4v) is 3.39. The number of nitrogens with zero attached hydrogens (tertiary/aromatic N) is 4. The SMILES string of the molecule is CC(=O)c1c(C)nn([C@@H](C)CC(=O)N(C)Cc2nccs2)c1C. The van der Waals surface area contributed by atoms with Gasteiger partial charge in [-0.3, -0.25) is 14.3 Å². The molecule has 2 aromatic rings. The first-order valence-electron chi connectivity index (χ1n) is 7.50. The zero-order chi connectivity index (χ0) is 17.1. The van der Waals surface area contributed by atoms with Gasteiger partial charge in [0.15, 0.2) is 5.78 Å². The van der Waals surface area contributed by atoms with Crippen LogP contribution >= 0.6 is 11.3 Å². The van der Waals surface area contributed by atoms with Crippen LogP contribution in [0.2, 0.25) is 0 Å². The Morgan fingerprint density at radius 2 is 2.09 bits per heavy atom. The van der Waals surface area contributed by atoms with Crippen molar-refractivity contribution in [3.05, 3.63) is 33.5 Å². The van der Waals surface area contributed by atoms with Crippen LogP contribution in [0.1, 0.15) is 53.1 Å². The van der Waals surface area contributed by atoms with E-state index in [1.165, 1.54) is 11.3 Å². The van der Waals surface area contributed by atoms with Crippen molar-refractivity contribution in [3.8, 4) is 0 Å². The molecule has 2 heterocycles. The van der Waals surface area contributed by atoms with Gasteiger partial charge in [0.25, 0.3) is 0 Å². The molecule has 0 saturated heterocycles. The number of ketones is 1. The van der Waals surface area contributed by atoms with Crippen LogP contribution in [-0.4, -0.2) is 38.4 Å². The van der Waals surface area contributed by atoms with Gasteiger partial charge >= 0.3 is 0 Å². The molecule has 0 fully saturated rings. The highest BCUT2D eigenvalue weighted by atomic mass is 32.1. The van der Waals surface area contributed by atoms with E-state index in [2.05, 4.69) is 10.1 Å². The highest BCUT2D eigenvalue weighted by Crippen LogP contribution is 2.21. The van der Waals surface area contributed by atoms with E-state index < -0.39 is 0 Å². The molecule has 7 heteroatoms. The van der Waals surface area contributed by atoms with Gasteiger partial charge in [0, 0.05) is 30.7 Å². The Morgan fingerprint density at radius 3 is 2.61 bits per heavy atom. The van der Waals surface area contributed by atoms with Crippen molar-refractivity contribution in [2.45, 2.75) is 46.7 Å². The second-order valence-corrected chi connectivity index (χ2v) is 6.75. The van der Waals surface area contributed by atoms with Crippen molar-refractivity contribution in [1.29, 1.82) is 0 Å². The molecule has 1 atom stereocenters. The van der Waals surface area contributed by atoms with Gasteiger partial charge in [-0.05, 0) is 27.7 Å². The molecule has 2 rings (SSSR count). The van der Waals surface area contributed by atoms with Crippen LogP contribution in [0.4, 0.5) is 0 Å². The Balaban J connectivity index is 2.06. The molecule has 0 spiro atoms. The summed E-state index contributed by atoms with van der Waals surface area (Å²) in [5.74, 6) is 0.0373. The van der Waals surface area contributed by atoms with E-state index in [9.17, 15) is 9.59 Å². The second kappa shape index (κ2) is 7.04. The van der Waals surface area contributed by atoms with Gasteiger partial charge in [-0.2, -0.15) is 5.10 Å². The highest BCUT2D eigenvalue weighted by molar-refractivity contribution is 7.09. The number of hydrogen-bond donors (Lipinski definition) is 0. The summed E-state index contributed by atoms with van der Waals surface area (Å²) in [7, 11) is 1.78. The molecule has 0 bridgehead atoms. The molecule has 2 aromatic heterocycles. The quantitative estimate of drug-likeness (QED) is 0.762. The Kier molecular flexibility index (Phi) is 5.30. The summed E-state index contributed by atoms with van der Waals surface area (Å²) in [4.78, 5) is 29.9. The summed E-state index contributed by atoms with van der Waals surface area (Å²) < 4.78 is 1.78. The van der Waals surface area contributed by atoms with Crippen LogP contribution in [0.3, 0.4) is 0 Å². The molecule has 0 radical (unpaired) electrons. The van der Waals surface area contributed by atoms with Crippen LogP contribution in [0.5, 0.6) is 0 Å². The van der Waals surface area contributed by atoms with E-state index in [0.717, 1.165) is 10.7 Å².